The third-order valence-electron chi connectivity index (χ3n) is 3.80. The van der Waals surface area contributed by atoms with Crippen molar-refractivity contribution in [2.45, 2.75) is 46.6 Å². The number of aryl methyl sites for hydroxylation is 2. The van der Waals surface area contributed by atoms with Crippen LogP contribution < -0.4 is 5.32 Å². The second kappa shape index (κ2) is 7.18. The average molecular weight is 295 g/mol. The molecule has 1 N–H and O–H groups in total. The number of nitrogens with one attached hydrogen (secondary N) is 1. The van der Waals surface area contributed by atoms with Gasteiger partial charge in [-0.25, -0.2) is 4.98 Å². The molecule has 0 radical (unpaired) electrons. The first-order valence-electron chi connectivity index (χ1n) is 7.50. The molecule has 5 heteroatoms. The topological polar surface area (TPSA) is 45.2 Å². The number of hydrogen-bond acceptors (Lipinski definition) is 4. The summed E-state index contributed by atoms with van der Waals surface area (Å²) in [5.41, 5.74) is 1.17. The van der Waals surface area contributed by atoms with E-state index in [9.17, 15) is 4.79 Å². The molecule has 1 aliphatic heterocycles. The van der Waals surface area contributed by atoms with E-state index >= 15 is 0 Å². The van der Waals surface area contributed by atoms with E-state index < -0.39 is 0 Å². The number of carbonyl (C=O) groups is 1. The summed E-state index contributed by atoms with van der Waals surface area (Å²) < 4.78 is 0. The number of rotatable bonds is 6. The zero-order valence-electron chi connectivity index (χ0n) is 12.7. The Morgan fingerprint density at radius 3 is 2.95 bits per heavy atom. The van der Waals surface area contributed by atoms with Crippen molar-refractivity contribution in [2.24, 2.45) is 5.92 Å². The number of carbonyl (C=O) groups excluding carboxylic acids is 1. The van der Waals surface area contributed by atoms with E-state index in [-0.39, 0.29) is 5.91 Å². The maximum atomic E-state index is 11.5. The molecule has 1 aromatic heterocycles. The van der Waals surface area contributed by atoms with Gasteiger partial charge in [0.05, 0.1) is 10.7 Å². The van der Waals surface area contributed by atoms with Crippen LogP contribution in [0.1, 0.15) is 41.8 Å². The molecular formula is C15H25N3OS. The molecule has 2 heterocycles. The van der Waals surface area contributed by atoms with E-state index in [4.69, 9.17) is 0 Å². The molecule has 1 fully saturated rings. The van der Waals surface area contributed by atoms with Crippen LogP contribution in [-0.2, 0) is 11.3 Å². The molecule has 2 rings (SSSR count). The average Bonchev–Trinajstić information content (AvgIpc) is 2.95. The van der Waals surface area contributed by atoms with E-state index in [0.717, 1.165) is 37.6 Å². The van der Waals surface area contributed by atoms with Crippen LogP contribution in [0.2, 0.25) is 0 Å². The lowest BCUT2D eigenvalue weighted by Crippen LogP contribution is -2.30. The van der Waals surface area contributed by atoms with Crippen LogP contribution in [0, 0.1) is 19.8 Å². The Balaban J connectivity index is 1.75. The Hall–Kier alpha value is -0.940. The van der Waals surface area contributed by atoms with Gasteiger partial charge in [0.25, 0.3) is 0 Å². The van der Waals surface area contributed by atoms with Crippen molar-refractivity contribution in [1.82, 2.24) is 15.2 Å². The first-order valence-corrected chi connectivity index (χ1v) is 8.32. The Kier molecular flexibility index (Phi) is 5.54. The van der Waals surface area contributed by atoms with Gasteiger partial charge in [-0.05, 0) is 39.2 Å². The van der Waals surface area contributed by atoms with E-state index in [0.29, 0.717) is 12.3 Å². The van der Waals surface area contributed by atoms with Gasteiger partial charge in [-0.3, -0.25) is 9.69 Å². The minimum atomic E-state index is 0.194. The maximum Gasteiger partial charge on any atom is 0.219 e. The van der Waals surface area contributed by atoms with Gasteiger partial charge in [0.1, 0.15) is 0 Å². The molecule has 1 atom stereocenters. The monoisotopic (exact) mass is 295 g/mol. The van der Waals surface area contributed by atoms with Gasteiger partial charge in [-0.1, -0.05) is 6.92 Å². The van der Waals surface area contributed by atoms with Crippen molar-refractivity contribution in [3.63, 3.8) is 0 Å². The number of thiazole rings is 1. The minimum absolute atomic E-state index is 0.194. The molecule has 0 spiro atoms. The second-order valence-corrected chi connectivity index (χ2v) is 6.97. The van der Waals surface area contributed by atoms with Crippen molar-refractivity contribution in [3.8, 4) is 0 Å². The number of nitrogens with zero attached hydrogens (tertiary/aromatic N) is 2. The lowest BCUT2D eigenvalue weighted by molar-refractivity contribution is -0.121. The molecule has 1 aliphatic rings. The summed E-state index contributed by atoms with van der Waals surface area (Å²) in [6.07, 6.45) is 2.76. The maximum absolute atomic E-state index is 11.5. The minimum Gasteiger partial charge on any atom is -0.356 e. The zero-order valence-corrected chi connectivity index (χ0v) is 13.6. The number of amides is 1. The molecule has 1 saturated heterocycles. The Bertz CT molecular complexity index is 458. The summed E-state index contributed by atoms with van der Waals surface area (Å²) in [4.78, 5) is 19.8. The van der Waals surface area contributed by atoms with E-state index in [1.165, 1.54) is 17.0 Å². The lowest BCUT2D eigenvalue weighted by atomic mass is 10.1. The highest BCUT2D eigenvalue weighted by Crippen LogP contribution is 2.23. The Morgan fingerprint density at radius 1 is 1.50 bits per heavy atom. The molecule has 0 aliphatic carbocycles. The van der Waals surface area contributed by atoms with Gasteiger partial charge >= 0.3 is 0 Å². The highest BCUT2D eigenvalue weighted by molar-refractivity contribution is 7.11. The largest absolute Gasteiger partial charge is 0.356 e. The fraction of sp³-hybridized carbons (Fsp3) is 0.733. The molecule has 1 amide bonds. The van der Waals surface area contributed by atoms with Gasteiger partial charge in [-0.2, -0.15) is 0 Å². The van der Waals surface area contributed by atoms with Crippen LogP contribution in [-0.4, -0.2) is 35.4 Å². The normalized spacial score (nSPS) is 19.4. The Morgan fingerprint density at radius 2 is 2.30 bits per heavy atom. The van der Waals surface area contributed by atoms with Crippen LogP contribution in [0.15, 0.2) is 0 Å². The summed E-state index contributed by atoms with van der Waals surface area (Å²) >= 11 is 1.80. The summed E-state index contributed by atoms with van der Waals surface area (Å²) in [7, 11) is 0. The fourth-order valence-electron chi connectivity index (χ4n) is 2.72. The quantitative estimate of drug-likeness (QED) is 0.877. The molecule has 0 aromatic carbocycles. The Labute approximate surface area is 125 Å². The van der Waals surface area contributed by atoms with Crippen molar-refractivity contribution < 1.29 is 4.79 Å². The van der Waals surface area contributed by atoms with Crippen molar-refractivity contribution in [2.75, 3.05) is 19.6 Å². The summed E-state index contributed by atoms with van der Waals surface area (Å²) in [5, 5.41) is 4.20. The highest BCUT2D eigenvalue weighted by atomic mass is 32.1. The summed E-state index contributed by atoms with van der Waals surface area (Å²) in [6, 6.07) is 0. The van der Waals surface area contributed by atoms with Crippen LogP contribution in [0.4, 0.5) is 0 Å². The number of hydrogen-bond donors (Lipinski definition) is 1. The van der Waals surface area contributed by atoms with Crippen LogP contribution >= 0.6 is 11.3 Å². The van der Waals surface area contributed by atoms with Gasteiger partial charge < -0.3 is 5.32 Å². The molecular weight excluding hydrogens is 270 g/mol. The molecule has 0 saturated carbocycles. The van der Waals surface area contributed by atoms with Gasteiger partial charge in [0.15, 0.2) is 0 Å². The molecule has 20 heavy (non-hydrogen) atoms. The number of aromatic nitrogens is 1. The molecule has 4 nitrogen and oxygen atoms in total. The van der Waals surface area contributed by atoms with Crippen LogP contribution in [0.5, 0.6) is 0 Å². The summed E-state index contributed by atoms with van der Waals surface area (Å²) in [5.74, 6) is 0.796. The predicted molar refractivity (Wildman–Crippen MR) is 82.9 cm³/mol. The van der Waals surface area contributed by atoms with Crippen LogP contribution in [0.25, 0.3) is 0 Å². The van der Waals surface area contributed by atoms with Gasteiger partial charge in [0, 0.05) is 30.9 Å². The first-order chi connectivity index (χ1) is 9.58. The summed E-state index contributed by atoms with van der Waals surface area (Å²) in [6.45, 7) is 10.3. The van der Waals surface area contributed by atoms with Gasteiger partial charge in [-0.15, -0.1) is 11.3 Å². The predicted octanol–water partition coefficient (Wildman–Crippen LogP) is 2.50. The molecule has 1 aromatic rings. The van der Waals surface area contributed by atoms with Crippen molar-refractivity contribution in [1.29, 1.82) is 0 Å². The van der Waals surface area contributed by atoms with Crippen molar-refractivity contribution in [3.05, 3.63) is 15.6 Å². The standard InChI is InChI=1S/C15H25N3OS/c1-4-5-15(19)16-8-13-6-7-18(9-13)10-14-11(2)17-12(3)20-14/h13H,4-10H2,1-3H3,(H,16,19)/t13-/m1/s1. The highest BCUT2D eigenvalue weighted by Gasteiger charge is 2.23. The zero-order chi connectivity index (χ0) is 14.5. The fourth-order valence-corrected chi connectivity index (χ4v) is 3.70. The van der Waals surface area contributed by atoms with Crippen molar-refractivity contribution >= 4 is 17.2 Å². The molecule has 112 valence electrons. The lowest BCUT2D eigenvalue weighted by Gasteiger charge is -2.15. The smallest absolute Gasteiger partial charge is 0.219 e. The first kappa shape index (κ1) is 15.4. The molecule has 0 unspecified atom stereocenters. The molecule has 0 bridgehead atoms. The van der Waals surface area contributed by atoms with E-state index in [1.54, 1.807) is 11.3 Å². The van der Waals surface area contributed by atoms with Gasteiger partial charge in [0.2, 0.25) is 5.91 Å². The third kappa shape index (κ3) is 4.28. The van der Waals surface area contributed by atoms with Crippen LogP contribution in [0.3, 0.4) is 0 Å². The third-order valence-corrected chi connectivity index (χ3v) is 4.86. The van der Waals surface area contributed by atoms with E-state index in [1.807, 2.05) is 6.92 Å². The van der Waals surface area contributed by atoms with E-state index in [2.05, 4.69) is 29.0 Å². The number of likely N-dealkylation sites (tertiary alicyclic amines) is 1. The SMILES string of the molecule is CCCC(=O)NC[C@H]1CCN(Cc2sc(C)nc2C)C1. The second-order valence-electron chi connectivity index (χ2n) is 5.69.